The predicted molar refractivity (Wildman–Crippen MR) is 95.6 cm³/mol. The Morgan fingerprint density at radius 3 is 2.54 bits per heavy atom. The van der Waals surface area contributed by atoms with Crippen molar-refractivity contribution in [1.29, 1.82) is 0 Å². The molecule has 0 spiro atoms. The van der Waals surface area contributed by atoms with Crippen molar-refractivity contribution in [3.8, 4) is 0 Å². The number of aliphatic hydroxyl groups is 1. The summed E-state index contributed by atoms with van der Waals surface area (Å²) in [6, 6.07) is 5.82. The molecule has 130 valence electrons. The second kappa shape index (κ2) is 7.88. The molecule has 0 unspecified atom stereocenters. The Morgan fingerprint density at radius 1 is 1.33 bits per heavy atom. The Hall–Kier alpha value is -1.75. The van der Waals surface area contributed by atoms with Gasteiger partial charge in [0, 0.05) is 11.9 Å². The lowest BCUT2D eigenvalue weighted by Gasteiger charge is -2.16. The summed E-state index contributed by atoms with van der Waals surface area (Å²) >= 11 is 3.36. The standard InChI is InChI=1S/C14H18BrN5O3S/c1-2-9(8-21)18-13-12(15)7-17-14(20-13)19-10-3-5-11(6-4-10)24(16,22)23/h3-7,9,21H,2,8H2,1H3,(H2,16,22,23)(H2,17,18,19,20)/t9-/m0/s1. The fourth-order valence-electron chi connectivity index (χ4n) is 1.86. The predicted octanol–water partition coefficient (Wildman–Crippen LogP) is 1.81. The molecule has 1 atom stereocenters. The van der Waals surface area contributed by atoms with Crippen molar-refractivity contribution in [2.24, 2.45) is 5.14 Å². The van der Waals surface area contributed by atoms with Crippen molar-refractivity contribution in [1.82, 2.24) is 9.97 Å². The summed E-state index contributed by atoms with van der Waals surface area (Å²) in [5.41, 5.74) is 0.616. The SMILES string of the molecule is CC[C@@H](CO)Nc1nc(Nc2ccc(S(N)(=O)=O)cc2)ncc1Br. The molecule has 0 saturated carbocycles. The lowest BCUT2D eigenvalue weighted by molar-refractivity contribution is 0.271. The summed E-state index contributed by atoms with van der Waals surface area (Å²) in [6.07, 6.45) is 2.32. The molecule has 0 aliphatic carbocycles. The van der Waals surface area contributed by atoms with Crippen LogP contribution in [0.25, 0.3) is 0 Å². The van der Waals surface area contributed by atoms with Gasteiger partial charge in [-0.05, 0) is 46.6 Å². The molecule has 24 heavy (non-hydrogen) atoms. The lowest BCUT2D eigenvalue weighted by atomic mass is 10.2. The van der Waals surface area contributed by atoms with Gasteiger partial charge < -0.3 is 15.7 Å². The van der Waals surface area contributed by atoms with Crippen LogP contribution in [-0.4, -0.2) is 36.1 Å². The molecule has 2 rings (SSSR count). The number of aliphatic hydroxyl groups excluding tert-OH is 1. The van der Waals surface area contributed by atoms with Crippen LogP contribution in [0.3, 0.4) is 0 Å². The number of primary sulfonamides is 1. The van der Waals surface area contributed by atoms with Crippen molar-refractivity contribution in [3.63, 3.8) is 0 Å². The van der Waals surface area contributed by atoms with E-state index in [2.05, 4.69) is 36.5 Å². The minimum Gasteiger partial charge on any atom is -0.394 e. The van der Waals surface area contributed by atoms with Crippen LogP contribution < -0.4 is 15.8 Å². The van der Waals surface area contributed by atoms with E-state index in [1.54, 1.807) is 18.3 Å². The highest BCUT2D eigenvalue weighted by molar-refractivity contribution is 9.10. The first-order valence-electron chi connectivity index (χ1n) is 7.13. The first-order valence-corrected chi connectivity index (χ1v) is 9.47. The highest BCUT2D eigenvalue weighted by Crippen LogP contribution is 2.23. The first-order chi connectivity index (χ1) is 11.3. The van der Waals surface area contributed by atoms with E-state index in [1.807, 2.05) is 6.92 Å². The largest absolute Gasteiger partial charge is 0.394 e. The average molecular weight is 416 g/mol. The van der Waals surface area contributed by atoms with Crippen LogP contribution in [0, 0.1) is 0 Å². The summed E-state index contributed by atoms with van der Waals surface area (Å²) in [6.45, 7) is 1.94. The van der Waals surface area contributed by atoms with E-state index in [4.69, 9.17) is 5.14 Å². The van der Waals surface area contributed by atoms with E-state index in [0.717, 1.165) is 6.42 Å². The van der Waals surface area contributed by atoms with Gasteiger partial charge in [0.25, 0.3) is 0 Å². The van der Waals surface area contributed by atoms with Gasteiger partial charge in [-0.15, -0.1) is 0 Å². The number of hydrogen-bond acceptors (Lipinski definition) is 7. The van der Waals surface area contributed by atoms with Gasteiger partial charge in [0.1, 0.15) is 5.82 Å². The molecule has 2 aromatic rings. The van der Waals surface area contributed by atoms with E-state index in [-0.39, 0.29) is 17.5 Å². The quantitative estimate of drug-likeness (QED) is 0.542. The number of halogens is 1. The van der Waals surface area contributed by atoms with Crippen LogP contribution in [0.4, 0.5) is 17.5 Å². The smallest absolute Gasteiger partial charge is 0.238 e. The van der Waals surface area contributed by atoms with Crippen LogP contribution in [-0.2, 0) is 10.0 Å². The Bertz CT molecular complexity index is 795. The number of rotatable bonds is 7. The monoisotopic (exact) mass is 415 g/mol. The van der Waals surface area contributed by atoms with Crippen molar-refractivity contribution in [3.05, 3.63) is 34.9 Å². The second-order valence-electron chi connectivity index (χ2n) is 5.02. The molecule has 10 heteroatoms. The third kappa shape index (κ3) is 4.87. The highest BCUT2D eigenvalue weighted by atomic mass is 79.9. The zero-order valence-electron chi connectivity index (χ0n) is 12.9. The lowest BCUT2D eigenvalue weighted by Crippen LogP contribution is -2.23. The molecule has 1 heterocycles. The molecule has 8 nitrogen and oxygen atoms in total. The minimum absolute atomic E-state index is 0.00920. The fraction of sp³-hybridized carbons (Fsp3) is 0.286. The maximum atomic E-state index is 11.2. The zero-order chi connectivity index (χ0) is 17.7. The van der Waals surface area contributed by atoms with E-state index >= 15 is 0 Å². The number of sulfonamides is 1. The maximum absolute atomic E-state index is 11.2. The van der Waals surface area contributed by atoms with Gasteiger partial charge in [-0.1, -0.05) is 6.92 Å². The number of benzene rings is 1. The molecule has 5 N–H and O–H groups in total. The van der Waals surface area contributed by atoms with Crippen LogP contribution >= 0.6 is 15.9 Å². The van der Waals surface area contributed by atoms with E-state index in [9.17, 15) is 13.5 Å². The molecular weight excluding hydrogens is 398 g/mol. The van der Waals surface area contributed by atoms with Crippen molar-refractivity contribution in [2.75, 3.05) is 17.2 Å². The van der Waals surface area contributed by atoms with Gasteiger partial charge in [0.2, 0.25) is 16.0 Å². The Balaban J connectivity index is 2.18. The van der Waals surface area contributed by atoms with Gasteiger partial charge in [0.15, 0.2) is 0 Å². The Kier molecular flexibility index (Phi) is 6.10. The van der Waals surface area contributed by atoms with E-state index < -0.39 is 10.0 Å². The van der Waals surface area contributed by atoms with Gasteiger partial charge in [-0.2, -0.15) is 4.98 Å². The van der Waals surface area contributed by atoms with Crippen LogP contribution in [0.2, 0.25) is 0 Å². The zero-order valence-corrected chi connectivity index (χ0v) is 15.3. The van der Waals surface area contributed by atoms with Gasteiger partial charge in [-0.3, -0.25) is 0 Å². The van der Waals surface area contributed by atoms with Crippen LogP contribution in [0.5, 0.6) is 0 Å². The summed E-state index contributed by atoms with van der Waals surface area (Å²) in [5, 5.41) is 20.4. The summed E-state index contributed by atoms with van der Waals surface area (Å²) in [5.74, 6) is 0.881. The molecule has 0 radical (unpaired) electrons. The number of anilines is 3. The van der Waals surface area contributed by atoms with Crippen molar-refractivity contribution < 1.29 is 13.5 Å². The molecule has 1 aromatic carbocycles. The Labute approximate surface area is 148 Å². The van der Waals surface area contributed by atoms with Crippen molar-refractivity contribution in [2.45, 2.75) is 24.3 Å². The highest BCUT2D eigenvalue weighted by Gasteiger charge is 2.11. The van der Waals surface area contributed by atoms with Gasteiger partial charge >= 0.3 is 0 Å². The second-order valence-corrected chi connectivity index (χ2v) is 7.43. The number of hydrogen-bond donors (Lipinski definition) is 4. The molecule has 1 aromatic heterocycles. The molecule has 0 saturated heterocycles. The maximum Gasteiger partial charge on any atom is 0.238 e. The normalized spacial score (nSPS) is 12.7. The summed E-state index contributed by atoms with van der Waals surface area (Å²) in [7, 11) is -3.72. The number of nitrogens with zero attached hydrogens (tertiary/aromatic N) is 2. The number of aromatic nitrogens is 2. The summed E-state index contributed by atoms with van der Waals surface area (Å²) < 4.78 is 23.2. The third-order valence-electron chi connectivity index (χ3n) is 3.24. The molecule has 0 aliphatic rings. The van der Waals surface area contributed by atoms with E-state index in [0.29, 0.717) is 21.9 Å². The molecule has 0 aliphatic heterocycles. The fourth-order valence-corrected chi connectivity index (χ4v) is 2.68. The van der Waals surface area contributed by atoms with Gasteiger partial charge in [0.05, 0.1) is 22.0 Å². The Morgan fingerprint density at radius 2 is 2.00 bits per heavy atom. The molecule has 0 fully saturated rings. The molecular formula is C14H18BrN5O3S. The van der Waals surface area contributed by atoms with E-state index in [1.165, 1.54) is 12.1 Å². The van der Waals surface area contributed by atoms with Crippen LogP contribution in [0.1, 0.15) is 13.3 Å². The topological polar surface area (TPSA) is 130 Å². The third-order valence-corrected chi connectivity index (χ3v) is 4.75. The minimum atomic E-state index is -3.72. The number of nitrogens with two attached hydrogens (primary N) is 1. The van der Waals surface area contributed by atoms with Crippen LogP contribution in [0.15, 0.2) is 39.8 Å². The van der Waals surface area contributed by atoms with Crippen molar-refractivity contribution >= 4 is 43.4 Å². The molecule has 0 amide bonds. The summed E-state index contributed by atoms with van der Waals surface area (Å²) in [4.78, 5) is 8.52. The number of nitrogens with one attached hydrogen (secondary N) is 2. The van der Waals surface area contributed by atoms with Gasteiger partial charge in [-0.25, -0.2) is 18.5 Å². The average Bonchev–Trinajstić information content (AvgIpc) is 2.55. The first kappa shape index (κ1) is 18.6. The molecule has 0 bridgehead atoms.